The van der Waals surface area contributed by atoms with Gasteiger partial charge in [-0.15, -0.1) is 0 Å². The number of hydrogen-bond donors (Lipinski definition) is 4. The van der Waals surface area contributed by atoms with Crippen molar-refractivity contribution in [1.29, 1.82) is 0 Å². The summed E-state index contributed by atoms with van der Waals surface area (Å²) < 4.78 is 21.6. The number of rotatable bonds is 6. The number of halogens is 2. The number of imidazole rings is 1. The maximum atomic E-state index is 14.8. The second-order valence-corrected chi connectivity index (χ2v) is 8.67. The van der Waals surface area contributed by atoms with Crippen molar-refractivity contribution in [3.63, 3.8) is 0 Å². The Morgan fingerprint density at radius 3 is 2.76 bits per heavy atom. The number of hydrogen-bond acceptors (Lipinski definition) is 8. The summed E-state index contributed by atoms with van der Waals surface area (Å²) >= 11 is 6.17. The van der Waals surface area contributed by atoms with Crippen molar-refractivity contribution < 1.29 is 19.3 Å². The number of nitrogens with one attached hydrogen (secondary N) is 1. The first-order valence-electron chi connectivity index (χ1n) is 11.0. The monoisotopic (exact) mass is 492 g/mol. The summed E-state index contributed by atoms with van der Waals surface area (Å²) in [5.41, 5.74) is 7.31. The van der Waals surface area contributed by atoms with Gasteiger partial charge < -0.3 is 30.6 Å². The first kappa shape index (κ1) is 25.7. The van der Waals surface area contributed by atoms with Gasteiger partial charge in [-0.2, -0.15) is 0 Å². The highest BCUT2D eigenvalue weighted by Crippen LogP contribution is 2.33. The Bertz CT molecular complexity index is 1150. The molecule has 1 saturated heterocycles. The van der Waals surface area contributed by atoms with Crippen LogP contribution in [-0.4, -0.2) is 55.6 Å². The minimum absolute atomic E-state index is 0.00965. The quantitative estimate of drug-likeness (QED) is 0.370. The maximum Gasteiger partial charge on any atom is 0.220 e. The van der Waals surface area contributed by atoms with E-state index in [9.17, 15) is 9.50 Å². The molecule has 1 aliphatic rings. The number of aliphatic hydroxyl groups excluding tert-OH is 2. The predicted octanol–water partition coefficient (Wildman–Crippen LogP) is 4.48. The van der Waals surface area contributed by atoms with Crippen LogP contribution < -0.4 is 11.1 Å². The molecule has 1 unspecified atom stereocenters. The van der Waals surface area contributed by atoms with Crippen molar-refractivity contribution in [3.05, 3.63) is 41.5 Å². The molecule has 2 aromatic heterocycles. The minimum Gasteiger partial charge on any atom is -0.513 e. The molecule has 1 fully saturated rings. The zero-order chi connectivity index (χ0) is 24.8. The van der Waals surface area contributed by atoms with Crippen LogP contribution in [0.5, 0.6) is 0 Å². The number of nitrogens with two attached hydrogens (primary N) is 1. The Balaban J connectivity index is 0.000000396. The molecule has 4 rings (SSSR count). The molecule has 11 heteroatoms. The molecule has 0 spiro atoms. The average Bonchev–Trinajstić information content (AvgIpc) is 3.15. The highest BCUT2D eigenvalue weighted by atomic mass is 35.5. The van der Waals surface area contributed by atoms with Crippen molar-refractivity contribution in [2.75, 3.05) is 30.8 Å². The van der Waals surface area contributed by atoms with Crippen LogP contribution in [0, 0.1) is 5.82 Å². The molecule has 0 radical (unpaired) electrons. The molecule has 1 aromatic carbocycles. The Kier molecular flexibility index (Phi) is 8.65. The van der Waals surface area contributed by atoms with E-state index in [1.807, 2.05) is 18.4 Å². The van der Waals surface area contributed by atoms with Gasteiger partial charge in [0, 0.05) is 31.2 Å². The van der Waals surface area contributed by atoms with Crippen molar-refractivity contribution in [3.8, 4) is 11.3 Å². The normalized spacial score (nSPS) is 15.8. The maximum absolute atomic E-state index is 14.8. The number of ether oxygens (including phenoxy) is 1. The van der Waals surface area contributed by atoms with Gasteiger partial charge >= 0.3 is 0 Å². The van der Waals surface area contributed by atoms with Gasteiger partial charge in [0.15, 0.2) is 5.82 Å². The van der Waals surface area contributed by atoms with Gasteiger partial charge in [0.1, 0.15) is 5.52 Å². The summed E-state index contributed by atoms with van der Waals surface area (Å²) in [6.07, 6.45) is 3.50. The number of fused-ring (bicyclic) bond motifs is 1. The van der Waals surface area contributed by atoms with E-state index < -0.39 is 5.82 Å². The van der Waals surface area contributed by atoms with Crippen molar-refractivity contribution >= 4 is 34.5 Å². The molecule has 184 valence electrons. The minimum atomic E-state index is -0.496. The fourth-order valence-electron chi connectivity index (χ4n) is 3.56. The Hall–Kier alpha value is -2.95. The molecule has 9 nitrogen and oxygen atoms in total. The molecule has 3 heterocycles. The molecule has 5 N–H and O–H groups in total. The van der Waals surface area contributed by atoms with Crippen LogP contribution in [0.3, 0.4) is 0 Å². The largest absolute Gasteiger partial charge is 0.513 e. The van der Waals surface area contributed by atoms with Crippen LogP contribution >= 0.6 is 11.6 Å². The lowest BCUT2D eigenvalue weighted by Crippen LogP contribution is -2.21. The second-order valence-electron chi connectivity index (χ2n) is 8.26. The summed E-state index contributed by atoms with van der Waals surface area (Å²) in [4.78, 5) is 12.3. The van der Waals surface area contributed by atoms with Crippen molar-refractivity contribution in [2.24, 2.45) is 0 Å². The van der Waals surface area contributed by atoms with E-state index in [0.29, 0.717) is 42.3 Å². The van der Waals surface area contributed by atoms with Gasteiger partial charge in [0.2, 0.25) is 11.9 Å². The summed E-state index contributed by atoms with van der Waals surface area (Å²) in [5, 5.41) is 21.4. The highest BCUT2D eigenvalue weighted by Gasteiger charge is 2.19. The van der Waals surface area contributed by atoms with E-state index >= 15 is 0 Å². The van der Waals surface area contributed by atoms with Gasteiger partial charge in [-0.25, -0.2) is 19.3 Å². The van der Waals surface area contributed by atoms with Gasteiger partial charge in [-0.05, 0) is 38.8 Å². The van der Waals surface area contributed by atoms with E-state index in [0.717, 1.165) is 19.4 Å². The third-order valence-corrected chi connectivity index (χ3v) is 5.41. The molecule has 1 atom stereocenters. The van der Waals surface area contributed by atoms with Crippen LogP contribution in [0.4, 0.5) is 16.3 Å². The number of aliphatic hydroxyl groups is 2. The van der Waals surface area contributed by atoms with E-state index in [1.54, 1.807) is 6.07 Å². The Morgan fingerprint density at radius 1 is 1.41 bits per heavy atom. The van der Waals surface area contributed by atoms with Crippen LogP contribution in [0.2, 0.25) is 5.02 Å². The topological polar surface area (TPSA) is 131 Å². The number of anilines is 2. The van der Waals surface area contributed by atoms with Gasteiger partial charge in [0.05, 0.1) is 40.9 Å². The number of nitrogen functional groups attached to an aromatic ring is 1. The van der Waals surface area contributed by atoms with Crippen molar-refractivity contribution in [2.45, 2.75) is 45.3 Å². The Morgan fingerprint density at radius 2 is 2.18 bits per heavy atom. The van der Waals surface area contributed by atoms with Gasteiger partial charge in [-0.3, -0.25) is 0 Å². The average molecular weight is 493 g/mol. The second kappa shape index (κ2) is 11.5. The van der Waals surface area contributed by atoms with Crippen LogP contribution in [-0.2, 0) is 4.74 Å². The number of benzene rings is 1. The zero-order valence-electron chi connectivity index (χ0n) is 19.3. The standard InChI is InChI=1S/C18H20ClFN6O.C5H10O2/c1-9(2)26-14-7-11(15-12(19)8-23-17(21)24-15)6-13(20)16(14)25-18(26)22-5-4-10(3)27;6-5-2-1-3-7-4-5/h6-9,27H,3-5H2,1-2H3,(H,22,25)(H2,21,23,24);5-6H,1-4H2. The molecule has 34 heavy (non-hydrogen) atoms. The number of aromatic nitrogens is 4. The summed E-state index contributed by atoms with van der Waals surface area (Å²) in [6, 6.07) is 3.11. The molecule has 0 aliphatic carbocycles. The molecule has 0 bridgehead atoms. The number of nitrogens with zero attached hydrogens (tertiary/aromatic N) is 4. The third-order valence-electron chi connectivity index (χ3n) is 5.13. The van der Waals surface area contributed by atoms with E-state index in [1.165, 1.54) is 12.3 Å². The first-order valence-corrected chi connectivity index (χ1v) is 11.4. The lowest BCUT2D eigenvalue weighted by molar-refractivity contribution is -0.00535. The first-order chi connectivity index (χ1) is 16.2. The third kappa shape index (κ3) is 6.34. The fraction of sp³-hybridized carbons (Fsp3) is 0.435. The SMILES string of the molecule is C=C(O)CCNc1nc2c(F)cc(-c3nc(N)ncc3Cl)cc2n1C(C)C.OC1CCCOC1. The lowest BCUT2D eigenvalue weighted by Gasteiger charge is -2.15. The summed E-state index contributed by atoms with van der Waals surface area (Å²) in [6.45, 7) is 9.19. The summed E-state index contributed by atoms with van der Waals surface area (Å²) in [7, 11) is 0. The zero-order valence-corrected chi connectivity index (χ0v) is 20.0. The Labute approximate surface area is 202 Å². The van der Waals surface area contributed by atoms with E-state index in [-0.39, 0.29) is 34.4 Å². The van der Waals surface area contributed by atoms with Crippen LogP contribution in [0.15, 0.2) is 30.7 Å². The van der Waals surface area contributed by atoms with E-state index in [2.05, 4.69) is 26.8 Å². The van der Waals surface area contributed by atoms with Crippen molar-refractivity contribution in [1.82, 2.24) is 19.5 Å². The van der Waals surface area contributed by atoms with Crippen LogP contribution in [0.25, 0.3) is 22.3 Å². The smallest absolute Gasteiger partial charge is 0.220 e. The lowest BCUT2D eigenvalue weighted by atomic mass is 10.1. The van der Waals surface area contributed by atoms with Crippen LogP contribution in [0.1, 0.15) is 39.2 Å². The van der Waals surface area contributed by atoms with E-state index in [4.69, 9.17) is 27.2 Å². The molecule has 0 saturated carbocycles. The molecule has 0 amide bonds. The fourth-order valence-corrected chi connectivity index (χ4v) is 3.76. The molecule has 3 aromatic rings. The summed E-state index contributed by atoms with van der Waals surface area (Å²) in [5.74, 6) is 0.133. The van der Waals surface area contributed by atoms with Gasteiger partial charge in [-0.1, -0.05) is 18.2 Å². The predicted molar refractivity (Wildman–Crippen MR) is 131 cm³/mol. The van der Waals surface area contributed by atoms with Gasteiger partial charge in [0.25, 0.3) is 0 Å². The molecule has 1 aliphatic heterocycles. The molecular weight excluding hydrogens is 463 g/mol. The molecular formula is C23H30ClFN6O3. The highest BCUT2D eigenvalue weighted by molar-refractivity contribution is 6.33.